The highest BCUT2D eigenvalue weighted by molar-refractivity contribution is 6.01. The van der Waals surface area contributed by atoms with E-state index in [2.05, 4.69) is 12.2 Å². The molecule has 0 aromatic heterocycles. The highest BCUT2D eigenvalue weighted by atomic mass is 16.4. The molecule has 84 valence electrons. The Bertz CT molecular complexity index is 419. The van der Waals surface area contributed by atoms with E-state index in [0.29, 0.717) is 24.2 Å². The third-order valence-electron chi connectivity index (χ3n) is 4.14. The van der Waals surface area contributed by atoms with Crippen LogP contribution >= 0.6 is 0 Å². The number of carbonyl (C=O) groups is 2. The molecule has 1 fully saturated rings. The Hall–Kier alpha value is -1.38. The Balaban J connectivity index is 1.77. The first kappa shape index (κ1) is 9.82. The van der Waals surface area contributed by atoms with E-state index in [-0.39, 0.29) is 18.1 Å². The van der Waals surface area contributed by atoms with E-state index >= 15 is 0 Å². The second-order valence-corrected chi connectivity index (χ2v) is 5.00. The molecule has 3 rings (SSSR count). The zero-order valence-electron chi connectivity index (χ0n) is 8.93. The molecule has 3 aliphatic carbocycles. The van der Waals surface area contributed by atoms with Crippen molar-refractivity contribution in [3.8, 4) is 0 Å². The molecule has 0 heterocycles. The summed E-state index contributed by atoms with van der Waals surface area (Å²) in [5, 5.41) is 8.63. The second-order valence-electron chi connectivity index (χ2n) is 5.00. The number of hydrogen-bond acceptors (Lipinski definition) is 2. The van der Waals surface area contributed by atoms with E-state index in [1.807, 2.05) is 6.08 Å². The van der Waals surface area contributed by atoms with Crippen molar-refractivity contribution >= 4 is 11.8 Å². The molecule has 0 amide bonds. The topological polar surface area (TPSA) is 54.4 Å². The van der Waals surface area contributed by atoms with Gasteiger partial charge in [0.25, 0.3) is 0 Å². The first-order valence-corrected chi connectivity index (χ1v) is 5.82. The third-order valence-corrected chi connectivity index (χ3v) is 4.14. The van der Waals surface area contributed by atoms with Gasteiger partial charge in [-0.2, -0.15) is 0 Å². The maximum absolute atomic E-state index is 12.1. The minimum atomic E-state index is -0.827. The Morgan fingerprint density at radius 1 is 1.38 bits per heavy atom. The number of aliphatic carboxylic acids is 1. The number of Topliss-reactive ketones (excluding diaryl/α,β-unsaturated/α-hetero) is 1. The summed E-state index contributed by atoms with van der Waals surface area (Å²) in [5.74, 6) is 0.836. The average molecular weight is 218 g/mol. The monoisotopic (exact) mass is 218 g/mol. The van der Waals surface area contributed by atoms with Crippen molar-refractivity contribution < 1.29 is 14.7 Å². The van der Waals surface area contributed by atoms with Crippen LogP contribution in [-0.4, -0.2) is 16.9 Å². The molecule has 1 N–H and O–H groups in total. The molecule has 4 atom stereocenters. The van der Waals surface area contributed by atoms with Gasteiger partial charge < -0.3 is 5.11 Å². The van der Waals surface area contributed by atoms with Gasteiger partial charge in [0.05, 0.1) is 0 Å². The molecule has 0 aromatic carbocycles. The lowest BCUT2D eigenvalue weighted by atomic mass is 9.85. The lowest BCUT2D eigenvalue weighted by molar-refractivity contribution is -0.136. The standard InChI is InChI=1S/C13H14O3/c14-11(15)4-3-9-6-10-7-1-2-8(5-7)12(10)13(9)16/h1-2,6-8,10,12H,3-5H2,(H,14,15)/t7-,8+,10-,12+/m0/s1. The minimum absolute atomic E-state index is 0.0692. The van der Waals surface area contributed by atoms with Crippen molar-refractivity contribution in [1.82, 2.24) is 0 Å². The fourth-order valence-corrected chi connectivity index (χ4v) is 3.43. The molecule has 2 bridgehead atoms. The summed E-state index contributed by atoms with van der Waals surface area (Å²) in [7, 11) is 0. The number of allylic oxidation sites excluding steroid dienone is 4. The molecular weight excluding hydrogens is 204 g/mol. The third kappa shape index (κ3) is 1.27. The fourth-order valence-electron chi connectivity index (χ4n) is 3.43. The normalized spacial score (nSPS) is 39.0. The van der Waals surface area contributed by atoms with Crippen LogP contribution in [0.15, 0.2) is 23.8 Å². The van der Waals surface area contributed by atoms with E-state index in [1.54, 1.807) is 0 Å². The van der Waals surface area contributed by atoms with Crippen molar-refractivity contribution in [1.29, 1.82) is 0 Å². The van der Waals surface area contributed by atoms with E-state index in [0.717, 1.165) is 12.0 Å². The van der Waals surface area contributed by atoms with Gasteiger partial charge in [0.15, 0.2) is 5.78 Å². The summed E-state index contributed by atoms with van der Waals surface area (Å²) in [6.45, 7) is 0. The quantitative estimate of drug-likeness (QED) is 0.735. The molecular formula is C13H14O3. The SMILES string of the molecule is O=C(O)CCC1=C[C@@H]2[C@H](C1=O)[C@@H]1C=C[C@H]2C1. The van der Waals surface area contributed by atoms with Gasteiger partial charge in [-0.1, -0.05) is 18.2 Å². The molecule has 3 aliphatic rings. The van der Waals surface area contributed by atoms with Gasteiger partial charge in [-0.05, 0) is 36.2 Å². The van der Waals surface area contributed by atoms with Crippen LogP contribution < -0.4 is 0 Å². The average Bonchev–Trinajstić information content (AvgIpc) is 2.88. The summed E-state index contributed by atoms with van der Waals surface area (Å²) in [5.41, 5.74) is 0.760. The lowest BCUT2D eigenvalue weighted by Crippen LogP contribution is -2.21. The van der Waals surface area contributed by atoms with Gasteiger partial charge in [0.1, 0.15) is 0 Å². The molecule has 1 saturated carbocycles. The Morgan fingerprint density at radius 3 is 2.81 bits per heavy atom. The molecule has 16 heavy (non-hydrogen) atoms. The predicted molar refractivity (Wildman–Crippen MR) is 57.7 cm³/mol. The number of carboxylic acids is 1. The molecule has 3 heteroatoms. The van der Waals surface area contributed by atoms with Crippen LogP contribution in [0, 0.1) is 23.7 Å². The predicted octanol–water partition coefficient (Wildman–Crippen LogP) is 1.80. The lowest BCUT2D eigenvalue weighted by Gasteiger charge is -2.17. The zero-order valence-corrected chi connectivity index (χ0v) is 8.93. The summed E-state index contributed by atoms with van der Waals surface area (Å²) >= 11 is 0. The van der Waals surface area contributed by atoms with Crippen LogP contribution in [0.1, 0.15) is 19.3 Å². The summed E-state index contributed by atoms with van der Waals surface area (Å²) in [6.07, 6.45) is 8.02. The Kier molecular flexibility index (Phi) is 2.03. The van der Waals surface area contributed by atoms with Crippen molar-refractivity contribution in [2.75, 3.05) is 0 Å². The van der Waals surface area contributed by atoms with Crippen molar-refractivity contribution in [2.24, 2.45) is 23.7 Å². The summed E-state index contributed by atoms with van der Waals surface area (Å²) in [6, 6.07) is 0. The van der Waals surface area contributed by atoms with Crippen molar-refractivity contribution in [2.45, 2.75) is 19.3 Å². The highest BCUT2D eigenvalue weighted by Gasteiger charge is 2.50. The van der Waals surface area contributed by atoms with Crippen LogP contribution in [0.3, 0.4) is 0 Å². The molecule has 0 radical (unpaired) electrons. The van der Waals surface area contributed by atoms with Crippen molar-refractivity contribution in [3.63, 3.8) is 0 Å². The van der Waals surface area contributed by atoms with Gasteiger partial charge >= 0.3 is 5.97 Å². The number of carbonyl (C=O) groups excluding carboxylic acids is 1. The summed E-state index contributed by atoms with van der Waals surface area (Å²) < 4.78 is 0. The maximum Gasteiger partial charge on any atom is 0.303 e. The molecule has 0 spiro atoms. The molecule has 0 saturated heterocycles. The van der Waals surface area contributed by atoms with Crippen LogP contribution in [0.4, 0.5) is 0 Å². The summed E-state index contributed by atoms with van der Waals surface area (Å²) in [4.78, 5) is 22.6. The Labute approximate surface area is 93.8 Å². The number of rotatable bonds is 3. The number of carboxylic acid groups (broad SMARTS) is 1. The van der Waals surface area contributed by atoms with Gasteiger partial charge in [-0.3, -0.25) is 9.59 Å². The van der Waals surface area contributed by atoms with Gasteiger partial charge in [0.2, 0.25) is 0 Å². The molecule has 0 unspecified atom stereocenters. The van der Waals surface area contributed by atoms with E-state index in [1.165, 1.54) is 0 Å². The largest absolute Gasteiger partial charge is 0.481 e. The number of fused-ring (bicyclic) bond motifs is 5. The molecule has 0 aliphatic heterocycles. The van der Waals surface area contributed by atoms with Gasteiger partial charge in [0, 0.05) is 12.3 Å². The van der Waals surface area contributed by atoms with Crippen LogP contribution in [0.2, 0.25) is 0 Å². The first-order valence-electron chi connectivity index (χ1n) is 5.82. The zero-order chi connectivity index (χ0) is 11.3. The fraction of sp³-hybridized carbons (Fsp3) is 0.538. The molecule has 0 aromatic rings. The van der Waals surface area contributed by atoms with Crippen LogP contribution in [0.25, 0.3) is 0 Å². The van der Waals surface area contributed by atoms with E-state index in [9.17, 15) is 9.59 Å². The molecule has 3 nitrogen and oxygen atoms in total. The van der Waals surface area contributed by atoms with E-state index < -0.39 is 5.97 Å². The highest BCUT2D eigenvalue weighted by Crippen LogP contribution is 2.53. The minimum Gasteiger partial charge on any atom is -0.481 e. The Morgan fingerprint density at radius 2 is 2.12 bits per heavy atom. The first-order chi connectivity index (χ1) is 7.66. The van der Waals surface area contributed by atoms with E-state index in [4.69, 9.17) is 5.11 Å². The van der Waals surface area contributed by atoms with Gasteiger partial charge in [-0.15, -0.1) is 0 Å². The van der Waals surface area contributed by atoms with Crippen molar-refractivity contribution in [3.05, 3.63) is 23.8 Å². The second kappa shape index (κ2) is 3.30. The van der Waals surface area contributed by atoms with Gasteiger partial charge in [-0.25, -0.2) is 0 Å². The smallest absolute Gasteiger partial charge is 0.303 e. The van der Waals surface area contributed by atoms with Crippen LogP contribution in [-0.2, 0) is 9.59 Å². The van der Waals surface area contributed by atoms with Crippen LogP contribution in [0.5, 0.6) is 0 Å². The maximum atomic E-state index is 12.1. The number of ketones is 1. The number of hydrogen-bond donors (Lipinski definition) is 1.